The molecular weight excluding hydrogens is 567 g/mol. The highest BCUT2D eigenvalue weighted by Crippen LogP contribution is 2.39. The summed E-state index contributed by atoms with van der Waals surface area (Å²) in [7, 11) is 1.17. The zero-order chi connectivity index (χ0) is 26.7. The van der Waals surface area contributed by atoms with Crippen LogP contribution in [-0.2, 0) is 23.0 Å². The Morgan fingerprint density at radius 2 is 1.59 bits per heavy atom. The maximum absolute atomic E-state index is 11.7. The first kappa shape index (κ1) is 32.0. The van der Waals surface area contributed by atoms with Gasteiger partial charge >= 0.3 is 0 Å². The number of benzene rings is 2. The molecule has 0 radical (unpaired) electrons. The molecule has 4 rings (SSSR count). The summed E-state index contributed by atoms with van der Waals surface area (Å²) in [4.78, 5) is 9.16. The van der Waals surface area contributed by atoms with E-state index in [0.717, 1.165) is 22.7 Å². The second kappa shape index (κ2) is 13.2. The maximum atomic E-state index is 11.7. The first-order valence-corrected chi connectivity index (χ1v) is 13.5. The van der Waals surface area contributed by atoms with Crippen LogP contribution in [0.5, 0.6) is 23.1 Å². The number of nitrogens with one attached hydrogen (secondary N) is 2. The fourth-order valence-electron chi connectivity index (χ4n) is 4.22. The summed E-state index contributed by atoms with van der Waals surface area (Å²) >= 11 is 0. The maximum Gasteiger partial charge on any atom is 0.215 e. The van der Waals surface area contributed by atoms with E-state index in [9.17, 15) is 13.5 Å². The van der Waals surface area contributed by atoms with Gasteiger partial charge in [0.1, 0.15) is 11.6 Å². The first-order valence-electron chi connectivity index (χ1n) is 11.6. The molecule has 10 nitrogen and oxygen atoms in total. The molecule has 0 amide bonds. The van der Waals surface area contributed by atoms with E-state index < -0.39 is 10.0 Å². The summed E-state index contributed by atoms with van der Waals surface area (Å²) in [5.74, 6) is 2.12. The van der Waals surface area contributed by atoms with Gasteiger partial charge in [0.25, 0.3) is 0 Å². The van der Waals surface area contributed by atoms with Crippen LogP contribution in [0.3, 0.4) is 0 Å². The van der Waals surface area contributed by atoms with Crippen molar-refractivity contribution in [1.29, 1.82) is 0 Å². The van der Waals surface area contributed by atoms with Crippen LogP contribution in [0.1, 0.15) is 23.7 Å². The van der Waals surface area contributed by atoms with E-state index in [4.69, 9.17) is 19.2 Å². The van der Waals surface area contributed by atoms with Crippen LogP contribution in [0.4, 0.5) is 5.82 Å². The largest absolute Gasteiger partial charge is 0.497 e. The smallest absolute Gasteiger partial charge is 0.215 e. The van der Waals surface area contributed by atoms with Crippen molar-refractivity contribution < 1.29 is 27.7 Å². The number of methoxy groups -OCH3 is 3. The van der Waals surface area contributed by atoms with Crippen molar-refractivity contribution in [3.05, 3.63) is 53.2 Å². The van der Waals surface area contributed by atoms with Crippen LogP contribution in [0.25, 0.3) is 21.7 Å². The summed E-state index contributed by atoms with van der Waals surface area (Å²) in [6, 6.07) is 11.2. The minimum Gasteiger partial charge on any atom is -0.497 e. The Morgan fingerprint density at radius 1 is 0.923 bits per heavy atom. The molecule has 0 aliphatic carbocycles. The molecule has 3 N–H and O–H groups in total. The van der Waals surface area contributed by atoms with Crippen LogP contribution < -0.4 is 24.2 Å². The molecule has 0 bridgehead atoms. The number of sulfonamides is 1. The van der Waals surface area contributed by atoms with Crippen LogP contribution >= 0.6 is 24.8 Å². The lowest BCUT2D eigenvalue weighted by Gasteiger charge is -2.17. The van der Waals surface area contributed by atoms with E-state index in [2.05, 4.69) is 15.0 Å². The van der Waals surface area contributed by atoms with Gasteiger partial charge in [0.15, 0.2) is 11.5 Å². The normalized spacial score (nSPS) is 11.0. The first-order chi connectivity index (χ1) is 17.7. The predicted octanol–water partition coefficient (Wildman–Crippen LogP) is 4.43. The molecule has 212 valence electrons. The lowest BCUT2D eigenvalue weighted by molar-refractivity contribution is 0.355. The van der Waals surface area contributed by atoms with Crippen LogP contribution in [-0.4, -0.2) is 57.6 Å². The molecule has 13 heteroatoms. The van der Waals surface area contributed by atoms with Gasteiger partial charge in [-0.25, -0.2) is 23.1 Å². The summed E-state index contributed by atoms with van der Waals surface area (Å²) in [6.07, 6.45) is 1.37. The highest BCUT2D eigenvalue weighted by Gasteiger charge is 2.20. The quantitative estimate of drug-likeness (QED) is 0.242. The number of fused-ring (bicyclic) bond motifs is 2. The fourth-order valence-corrected chi connectivity index (χ4v) is 4.62. The number of halogens is 2. The Bertz CT molecular complexity index is 1580. The van der Waals surface area contributed by atoms with Crippen molar-refractivity contribution in [2.24, 2.45) is 0 Å². The zero-order valence-electron chi connectivity index (χ0n) is 22.2. The molecule has 0 aliphatic heterocycles. The molecule has 0 unspecified atom stereocenters. The highest BCUT2D eigenvalue weighted by atomic mass is 35.5. The number of aromatic hydroxyl groups is 1. The van der Waals surface area contributed by atoms with Gasteiger partial charge in [-0.15, -0.1) is 24.8 Å². The SMILES string of the molecule is CCNc1nc2ccc(OC)cc2cc1Cc1c(O)nc(CNS(C)(=O)=O)c2cc(OC)c(OC)cc12.Cl.Cl. The van der Waals surface area contributed by atoms with Gasteiger partial charge in [-0.3, -0.25) is 0 Å². The molecule has 0 saturated carbocycles. The van der Waals surface area contributed by atoms with Crippen LogP contribution in [0, 0.1) is 0 Å². The Kier molecular flexibility index (Phi) is 10.8. The molecule has 2 aromatic carbocycles. The third kappa shape index (κ3) is 7.04. The van der Waals surface area contributed by atoms with Crippen LogP contribution in [0.15, 0.2) is 36.4 Å². The number of anilines is 1. The van der Waals surface area contributed by atoms with Crippen LogP contribution in [0.2, 0.25) is 0 Å². The number of hydrogen-bond acceptors (Lipinski definition) is 9. The summed E-state index contributed by atoms with van der Waals surface area (Å²) < 4.78 is 42.3. The van der Waals surface area contributed by atoms with E-state index >= 15 is 0 Å². The summed E-state index contributed by atoms with van der Waals surface area (Å²) in [5.41, 5.74) is 2.55. The molecule has 4 aromatic rings. The number of hydrogen-bond donors (Lipinski definition) is 3. The highest BCUT2D eigenvalue weighted by molar-refractivity contribution is 7.88. The lowest BCUT2D eigenvalue weighted by atomic mass is 9.97. The average Bonchev–Trinajstić information content (AvgIpc) is 2.87. The van der Waals surface area contributed by atoms with E-state index in [1.165, 1.54) is 14.2 Å². The second-order valence-electron chi connectivity index (χ2n) is 8.47. The molecule has 0 fully saturated rings. The minimum atomic E-state index is -3.48. The zero-order valence-corrected chi connectivity index (χ0v) is 24.6. The van der Waals surface area contributed by atoms with Crippen molar-refractivity contribution >= 4 is 62.3 Å². The van der Waals surface area contributed by atoms with Gasteiger partial charge in [-0.2, -0.15) is 0 Å². The standard InChI is InChI=1S/C26H30N4O6S.2ClH/c1-6-27-25-16(9-15-10-17(34-2)7-8-21(15)29-25)11-20-18-12-23(35-3)24(36-4)13-19(18)22(30-26(20)31)14-28-37(5,32)33;;/h7-10,12-13,28H,6,11,14H2,1-5H3,(H,27,29)(H,30,31);2*1H. The van der Waals surface area contributed by atoms with Gasteiger partial charge in [0.2, 0.25) is 15.9 Å². The van der Waals surface area contributed by atoms with E-state index in [1.54, 1.807) is 19.2 Å². The number of nitrogens with zero attached hydrogens (tertiary/aromatic N) is 2. The molecule has 2 aromatic heterocycles. The molecular formula is C26H32Cl2N4O6S. The summed E-state index contributed by atoms with van der Waals surface area (Å²) in [6.45, 7) is 2.55. The molecule has 39 heavy (non-hydrogen) atoms. The van der Waals surface area contributed by atoms with Gasteiger partial charge in [-0.05, 0) is 54.3 Å². The van der Waals surface area contributed by atoms with Crippen molar-refractivity contribution in [3.8, 4) is 23.1 Å². The summed E-state index contributed by atoms with van der Waals surface area (Å²) in [5, 5.41) is 16.5. The molecule has 0 aliphatic rings. The Morgan fingerprint density at radius 3 is 2.18 bits per heavy atom. The van der Waals surface area contributed by atoms with Crippen molar-refractivity contribution in [3.63, 3.8) is 0 Å². The Balaban J connectivity index is 0.00000267. The Hall–Kier alpha value is -3.25. The number of rotatable bonds is 10. The Labute approximate surface area is 240 Å². The van der Waals surface area contributed by atoms with Gasteiger partial charge < -0.3 is 24.6 Å². The minimum absolute atomic E-state index is 0. The number of pyridine rings is 2. The van der Waals surface area contributed by atoms with Crippen molar-refractivity contribution in [2.45, 2.75) is 19.9 Å². The average molecular weight is 600 g/mol. The third-order valence-corrected chi connectivity index (χ3v) is 6.65. The lowest BCUT2D eigenvalue weighted by Crippen LogP contribution is -2.22. The van der Waals surface area contributed by atoms with E-state index in [0.29, 0.717) is 58.1 Å². The van der Waals surface area contributed by atoms with E-state index in [1.807, 2.05) is 31.2 Å². The third-order valence-electron chi connectivity index (χ3n) is 5.98. The topological polar surface area (TPSA) is 132 Å². The van der Waals surface area contributed by atoms with Crippen molar-refractivity contribution in [2.75, 3.05) is 39.4 Å². The molecule has 0 spiro atoms. The fraction of sp³-hybridized carbons (Fsp3) is 0.308. The molecule has 2 heterocycles. The monoisotopic (exact) mass is 598 g/mol. The molecule has 0 saturated heterocycles. The van der Waals surface area contributed by atoms with Gasteiger partial charge in [0, 0.05) is 29.3 Å². The van der Waals surface area contributed by atoms with Gasteiger partial charge in [0.05, 0.1) is 45.3 Å². The molecule has 0 atom stereocenters. The second-order valence-corrected chi connectivity index (χ2v) is 10.3. The van der Waals surface area contributed by atoms with E-state index in [-0.39, 0.29) is 37.2 Å². The van der Waals surface area contributed by atoms with Crippen molar-refractivity contribution in [1.82, 2.24) is 14.7 Å². The van der Waals surface area contributed by atoms with Gasteiger partial charge in [-0.1, -0.05) is 0 Å². The number of ether oxygens (including phenoxy) is 3. The number of aromatic nitrogens is 2. The predicted molar refractivity (Wildman–Crippen MR) is 158 cm³/mol.